The van der Waals surface area contributed by atoms with Crippen molar-refractivity contribution in [3.8, 4) is 6.07 Å². The predicted molar refractivity (Wildman–Crippen MR) is 69.5 cm³/mol. The van der Waals surface area contributed by atoms with Crippen molar-refractivity contribution in [1.29, 1.82) is 5.26 Å². The van der Waals surface area contributed by atoms with Gasteiger partial charge in [-0.1, -0.05) is 6.42 Å². The molecule has 98 valence electrons. The Morgan fingerprint density at radius 3 is 2.82 bits per heavy atom. The van der Waals surface area contributed by atoms with Gasteiger partial charge in [-0.15, -0.1) is 0 Å². The first-order valence-corrected chi connectivity index (χ1v) is 6.83. The normalized spacial score (nSPS) is 25.5. The minimum absolute atomic E-state index is 0.0759. The van der Waals surface area contributed by atoms with Gasteiger partial charge in [0.15, 0.2) is 0 Å². The van der Waals surface area contributed by atoms with Crippen LogP contribution < -0.4 is 5.32 Å². The Morgan fingerprint density at radius 1 is 1.41 bits per heavy atom. The smallest absolute Gasteiger partial charge is 0.0683 e. The van der Waals surface area contributed by atoms with Crippen LogP contribution in [0.3, 0.4) is 0 Å². The van der Waals surface area contributed by atoms with Gasteiger partial charge < -0.3 is 10.4 Å². The Hall–Kier alpha value is -0.590. The van der Waals surface area contributed by atoms with E-state index in [1.807, 2.05) is 13.8 Å². The number of nitriles is 1. The first-order valence-electron chi connectivity index (χ1n) is 6.83. The van der Waals surface area contributed by atoms with Gasteiger partial charge in [0.25, 0.3) is 0 Å². The highest BCUT2D eigenvalue weighted by Crippen LogP contribution is 2.23. The number of nitrogens with one attached hydrogen (secondary N) is 1. The van der Waals surface area contributed by atoms with Crippen LogP contribution in [0, 0.1) is 22.7 Å². The first-order chi connectivity index (χ1) is 8.03. The summed E-state index contributed by atoms with van der Waals surface area (Å²) in [5, 5.41) is 21.9. The fraction of sp³-hybridized carbons (Fsp3) is 0.929. The zero-order chi connectivity index (χ0) is 12.7. The minimum atomic E-state index is -0.192. The largest absolute Gasteiger partial charge is 0.393 e. The van der Waals surface area contributed by atoms with Crippen molar-refractivity contribution in [2.45, 2.75) is 58.5 Å². The average Bonchev–Trinajstić information content (AvgIpc) is 2.29. The van der Waals surface area contributed by atoms with Crippen LogP contribution >= 0.6 is 0 Å². The van der Waals surface area contributed by atoms with E-state index in [2.05, 4.69) is 11.4 Å². The average molecular weight is 238 g/mol. The molecule has 1 fully saturated rings. The van der Waals surface area contributed by atoms with Crippen LogP contribution in [0.1, 0.15) is 52.4 Å². The van der Waals surface area contributed by atoms with E-state index in [9.17, 15) is 5.11 Å². The molecule has 1 saturated carbocycles. The highest BCUT2D eigenvalue weighted by atomic mass is 16.3. The quantitative estimate of drug-likeness (QED) is 0.699. The van der Waals surface area contributed by atoms with Crippen LogP contribution in [0.25, 0.3) is 0 Å². The summed E-state index contributed by atoms with van der Waals surface area (Å²) < 4.78 is 0. The fourth-order valence-corrected chi connectivity index (χ4v) is 2.47. The molecule has 0 saturated heterocycles. The van der Waals surface area contributed by atoms with Gasteiger partial charge >= 0.3 is 0 Å². The van der Waals surface area contributed by atoms with E-state index in [1.165, 1.54) is 6.42 Å². The Labute approximate surface area is 105 Å². The van der Waals surface area contributed by atoms with E-state index in [-0.39, 0.29) is 11.5 Å². The second-order valence-electron chi connectivity index (χ2n) is 5.99. The molecule has 0 bridgehead atoms. The van der Waals surface area contributed by atoms with Gasteiger partial charge in [0.2, 0.25) is 0 Å². The lowest BCUT2D eigenvalue weighted by atomic mass is 9.87. The number of aliphatic hydroxyl groups is 1. The number of aliphatic hydroxyl groups excluding tert-OH is 1. The van der Waals surface area contributed by atoms with Crippen LogP contribution in [0.5, 0.6) is 0 Å². The second kappa shape index (κ2) is 6.98. The number of hydrogen-bond donors (Lipinski definition) is 2. The molecule has 0 aromatic rings. The van der Waals surface area contributed by atoms with Crippen molar-refractivity contribution < 1.29 is 5.11 Å². The molecule has 0 aromatic carbocycles. The van der Waals surface area contributed by atoms with Crippen LogP contribution in [0.4, 0.5) is 0 Å². The van der Waals surface area contributed by atoms with Crippen LogP contribution in [0.2, 0.25) is 0 Å². The maximum absolute atomic E-state index is 9.56. The van der Waals surface area contributed by atoms with Gasteiger partial charge in [-0.25, -0.2) is 0 Å². The summed E-state index contributed by atoms with van der Waals surface area (Å²) in [6.07, 6.45) is 6.26. The minimum Gasteiger partial charge on any atom is -0.393 e. The zero-order valence-electron chi connectivity index (χ0n) is 11.2. The molecule has 0 amide bonds. The highest BCUT2D eigenvalue weighted by Gasteiger charge is 2.19. The molecule has 0 radical (unpaired) electrons. The zero-order valence-corrected chi connectivity index (χ0v) is 11.2. The molecule has 1 aliphatic rings. The van der Waals surface area contributed by atoms with E-state index in [0.29, 0.717) is 5.92 Å². The van der Waals surface area contributed by atoms with Gasteiger partial charge in [-0.3, -0.25) is 0 Å². The predicted octanol–water partition coefficient (Wildman–Crippen LogP) is 2.46. The van der Waals surface area contributed by atoms with E-state index in [1.54, 1.807) is 0 Å². The number of nitrogens with zero attached hydrogens (tertiary/aromatic N) is 1. The molecule has 1 rings (SSSR count). The highest BCUT2D eigenvalue weighted by molar-refractivity contribution is 4.91. The van der Waals surface area contributed by atoms with Gasteiger partial charge in [-0.05, 0) is 65.0 Å². The summed E-state index contributed by atoms with van der Waals surface area (Å²) in [6.45, 7) is 5.98. The molecular formula is C14H26N2O. The van der Waals surface area contributed by atoms with Crippen molar-refractivity contribution in [2.75, 3.05) is 13.1 Å². The molecule has 1 aliphatic carbocycles. The van der Waals surface area contributed by atoms with Crippen molar-refractivity contribution in [3.05, 3.63) is 0 Å². The Morgan fingerprint density at radius 2 is 2.18 bits per heavy atom. The Balaban J connectivity index is 2.03. The number of rotatable bonds is 6. The van der Waals surface area contributed by atoms with Gasteiger partial charge in [-0.2, -0.15) is 5.26 Å². The van der Waals surface area contributed by atoms with Crippen LogP contribution in [-0.2, 0) is 0 Å². The summed E-state index contributed by atoms with van der Waals surface area (Å²) in [4.78, 5) is 0. The molecule has 3 nitrogen and oxygen atoms in total. The lowest BCUT2D eigenvalue weighted by Gasteiger charge is -2.26. The van der Waals surface area contributed by atoms with Gasteiger partial charge in [0.05, 0.1) is 17.6 Å². The molecule has 0 spiro atoms. The standard InChI is InChI=1S/C14H26N2O/c1-14(2,11-15)7-4-8-16-10-12-5-3-6-13(17)9-12/h12-13,16-17H,3-10H2,1-2H3. The lowest BCUT2D eigenvalue weighted by molar-refractivity contribution is 0.101. The second-order valence-corrected chi connectivity index (χ2v) is 5.99. The molecule has 3 heteroatoms. The first kappa shape index (κ1) is 14.5. The topological polar surface area (TPSA) is 56.0 Å². The maximum atomic E-state index is 9.56. The van der Waals surface area contributed by atoms with E-state index >= 15 is 0 Å². The Kier molecular flexibility index (Phi) is 5.94. The van der Waals surface area contributed by atoms with E-state index in [0.717, 1.165) is 45.2 Å². The third-order valence-corrected chi connectivity index (χ3v) is 3.65. The summed E-state index contributed by atoms with van der Waals surface area (Å²) in [5.41, 5.74) is -0.192. The van der Waals surface area contributed by atoms with Crippen molar-refractivity contribution >= 4 is 0 Å². The maximum Gasteiger partial charge on any atom is 0.0683 e. The lowest BCUT2D eigenvalue weighted by Crippen LogP contribution is -2.30. The molecular weight excluding hydrogens is 212 g/mol. The summed E-state index contributed by atoms with van der Waals surface area (Å²) in [7, 11) is 0. The Bertz CT molecular complexity index is 257. The molecule has 2 atom stereocenters. The SMILES string of the molecule is CC(C)(C#N)CCCNCC1CCCC(O)C1. The van der Waals surface area contributed by atoms with Gasteiger partial charge in [0, 0.05) is 0 Å². The van der Waals surface area contributed by atoms with Crippen LogP contribution in [0.15, 0.2) is 0 Å². The molecule has 17 heavy (non-hydrogen) atoms. The summed E-state index contributed by atoms with van der Waals surface area (Å²) in [6, 6.07) is 2.33. The van der Waals surface area contributed by atoms with Crippen molar-refractivity contribution in [2.24, 2.45) is 11.3 Å². The third-order valence-electron chi connectivity index (χ3n) is 3.65. The van der Waals surface area contributed by atoms with E-state index in [4.69, 9.17) is 5.26 Å². The van der Waals surface area contributed by atoms with Crippen molar-refractivity contribution in [3.63, 3.8) is 0 Å². The molecule has 0 aromatic heterocycles. The molecule has 0 heterocycles. The number of hydrogen-bond acceptors (Lipinski definition) is 3. The monoisotopic (exact) mass is 238 g/mol. The third kappa shape index (κ3) is 6.05. The fourth-order valence-electron chi connectivity index (χ4n) is 2.47. The van der Waals surface area contributed by atoms with Gasteiger partial charge in [0.1, 0.15) is 0 Å². The van der Waals surface area contributed by atoms with E-state index < -0.39 is 0 Å². The van der Waals surface area contributed by atoms with Crippen LogP contribution in [-0.4, -0.2) is 24.3 Å². The summed E-state index contributed by atoms with van der Waals surface area (Å²) >= 11 is 0. The van der Waals surface area contributed by atoms with Crippen molar-refractivity contribution in [1.82, 2.24) is 5.32 Å². The molecule has 2 unspecified atom stereocenters. The summed E-state index contributed by atoms with van der Waals surface area (Å²) in [5.74, 6) is 0.641. The molecule has 0 aliphatic heterocycles. The molecule has 2 N–H and O–H groups in total.